The van der Waals surface area contributed by atoms with E-state index in [1.54, 1.807) is 0 Å². The lowest BCUT2D eigenvalue weighted by atomic mass is 9.90. The summed E-state index contributed by atoms with van der Waals surface area (Å²) >= 11 is 0. The first-order valence-electron chi connectivity index (χ1n) is 6.72. The second-order valence-electron chi connectivity index (χ2n) is 4.96. The summed E-state index contributed by atoms with van der Waals surface area (Å²) in [5.41, 5.74) is 2.86. The van der Waals surface area contributed by atoms with Crippen LogP contribution in [0.1, 0.15) is 44.6 Å². The molecular weight excluding hydrogens is 194 g/mol. The molecule has 0 aliphatic carbocycles. The van der Waals surface area contributed by atoms with Crippen LogP contribution in [0.4, 0.5) is 5.69 Å². The van der Waals surface area contributed by atoms with Gasteiger partial charge in [0.1, 0.15) is 0 Å². The molecule has 1 aromatic rings. The number of unbranched alkanes of at least 4 members (excludes halogenated alkanes) is 3. The molecule has 1 heterocycles. The lowest BCUT2D eigenvalue weighted by Crippen LogP contribution is -2.22. The minimum absolute atomic E-state index is 0.853. The number of fused-ring (bicyclic) bond motifs is 1. The van der Waals surface area contributed by atoms with Crippen molar-refractivity contribution in [1.82, 2.24) is 0 Å². The highest BCUT2D eigenvalue weighted by Crippen LogP contribution is 2.26. The monoisotopic (exact) mass is 217 g/mol. The first-order valence-corrected chi connectivity index (χ1v) is 6.72. The molecule has 0 radical (unpaired) electrons. The topological polar surface area (TPSA) is 12.0 Å². The summed E-state index contributed by atoms with van der Waals surface area (Å²) in [5, 5.41) is 3.55. The van der Waals surface area contributed by atoms with Crippen LogP contribution in [-0.2, 0) is 6.42 Å². The molecule has 1 heteroatoms. The van der Waals surface area contributed by atoms with Gasteiger partial charge in [0.2, 0.25) is 0 Å². The van der Waals surface area contributed by atoms with Crippen molar-refractivity contribution in [3.63, 3.8) is 0 Å². The molecular formula is C15H23N. The molecule has 1 atom stereocenters. The first-order chi connectivity index (χ1) is 7.90. The van der Waals surface area contributed by atoms with Crippen molar-refractivity contribution in [2.75, 3.05) is 11.9 Å². The lowest BCUT2D eigenvalue weighted by molar-refractivity contribution is 0.462. The van der Waals surface area contributed by atoms with Gasteiger partial charge in [0.15, 0.2) is 0 Å². The van der Waals surface area contributed by atoms with Gasteiger partial charge in [-0.25, -0.2) is 0 Å². The van der Waals surface area contributed by atoms with Gasteiger partial charge in [0.05, 0.1) is 0 Å². The molecule has 1 unspecified atom stereocenters. The molecule has 0 spiro atoms. The van der Waals surface area contributed by atoms with Crippen LogP contribution in [-0.4, -0.2) is 6.54 Å². The minimum atomic E-state index is 0.853. The van der Waals surface area contributed by atoms with E-state index in [-0.39, 0.29) is 0 Å². The zero-order valence-corrected chi connectivity index (χ0v) is 10.3. The van der Waals surface area contributed by atoms with Gasteiger partial charge in [-0.05, 0) is 30.4 Å². The van der Waals surface area contributed by atoms with Gasteiger partial charge in [0.25, 0.3) is 0 Å². The third kappa shape index (κ3) is 3.01. The van der Waals surface area contributed by atoms with Gasteiger partial charge in [-0.1, -0.05) is 50.8 Å². The average molecular weight is 217 g/mol. The van der Waals surface area contributed by atoms with Crippen molar-refractivity contribution < 1.29 is 0 Å². The second kappa shape index (κ2) is 5.93. The summed E-state index contributed by atoms with van der Waals surface area (Å²) in [4.78, 5) is 0. The Bertz CT molecular complexity index is 319. The maximum Gasteiger partial charge on any atom is 0.0372 e. The Kier molecular flexibility index (Phi) is 4.26. The van der Waals surface area contributed by atoms with Gasteiger partial charge < -0.3 is 5.32 Å². The highest BCUT2D eigenvalue weighted by molar-refractivity contribution is 5.53. The average Bonchev–Trinajstić information content (AvgIpc) is 2.34. The predicted octanol–water partition coefficient (Wildman–Crippen LogP) is 4.24. The molecule has 1 aliphatic rings. The Morgan fingerprint density at radius 3 is 2.94 bits per heavy atom. The fraction of sp³-hybridized carbons (Fsp3) is 0.600. The number of benzene rings is 1. The van der Waals surface area contributed by atoms with Gasteiger partial charge in [-0.3, -0.25) is 0 Å². The van der Waals surface area contributed by atoms with Crippen molar-refractivity contribution in [3.8, 4) is 0 Å². The summed E-state index contributed by atoms with van der Waals surface area (Å²) in [5.74, 6) is 0.853. The van der Waals surface area contributed by atoms with E-state index in [0.717, 1.165) is 5.92 Å². The van der Waals surface area contributed by atoms with E-state index in [1.807, 2.05) is 0 Å². The summed E-state index contributed by atoms with van der Waals surface area (Å²) in [6, 6.07) is 8.73. The number of hydrogen-bond donors (Lipinski definition) is 1. The largest absolute Gasteiger partial charge is 0.385 e. The van der Waals surface area contributed by atoms with Crippen LogP contribution < -0.4 is 5.32 Å². The van der Waals surface area contributed by atoms with Crippen molar-refractivity contribution in [3.05, 3.63) is 29.8 Å². The predicted molar refractivity (Wildman–Crippen MR) is 70.9 cm³/mol. The lowest BCUT2D eigenvalue weighted by Gasteiger charge is -2.26. The molecule has 16 heavy (non-hydrogen) atoms. The summed E-state index contributed by atoms with van der Waals surface area (Å²) in [6.07, 6.45) is 8.22. The van der Waals surface area contributed by atoms with Crippen LogP contribution in [0.2, 0.25) is 0 Å². The maximum atomic E-state index is 3.55. The maximum absolute atomic E-state index is 3.55. The van der Waals surface area contributed by atoms with Crippen LogP contribution in [0.15, 0.2) is 24.3 Å². The van der Waals surface area contributed by atoms with Crippen molar-refractivity contribution in [2.45, 2.75) is 45.4 Å². The molecule has 88 valence electrons. The smallest absolute Gasteiger partial charge is 0.0372 e. The SMILES string of the molecule is CCCCCCC1CNc2ccccc2C1. The number of nitrogens with one attached hydrogen (secondary N) is 1. The van der Waals surface area contributed by atoms with Crippen LogP contribution >= 0.6 is 0 Å². The summed E-state index contributed by atoms with van der Waals surface area (Å²) < 4.78 is 0. The standard InChI is InChI=1S/C15H23N/c1-2-3-4-5-8-13-11-14-9-6-7-10-15(14)16-12-13/h6-7,9-10,13,16H,2-5,8,11-12H2,1H3. The molecule has 1 aliphatic heterocycles. The van der Waals surface area contributed by atoms with Crippen LogP contribution in [0.5, 0.6) is 0 Å². The molecule has 1 aromatic carbocycles. The number of rotatable bonds is 5. The highest BCUT2D eigenvalue weighted by Gasteiger charge is 2.16. The quantitative estimate of drug-likeness (QED) is 0.727. The van der Waals surface area contributed by atoms with Crippen molar-refractivity contribution >= 4 is 5.69 Å². The van der Waals surface area contributed by atoms with Gasteiger partial charge in [-0.15, -0.1) is 0 Å². The third-order valence-corrected chi connectivity index (χ3v) is 3.57. The molecule has 2 rings (SSSR count). The fourth-order valence-corrected chi connectivity index (χ4v) is 2.57. The Labute approximate surface area is 99.3 Å². The van der Waals surface area contributed by atoms with Crippen LogP contribution in [0, 0.1) is 5.92 Å². The normalized spacial score (nSPS) is 18.9. The number of para-hydroxylation sites is 1. The van der Waals surface area contributed by atoms with Crippen molar-refractivity contribution in [2.24, 2.45) is 5.92 Å². The molecule has 0 fully saturated rings. The second-order valence-corrected chi connectivity index (χ2v) is 4.96. The zero-order chi connectivity index (χ0) is 11.2. The van der Waals surface area contributed by atoms with Gasteiger partial charge >= 0.3 is 0 Å². The number of anilines is 1. The van der Waals surface area contributed by atoms with E-state index in [4.69, 9.17) is 0 Å². The Morgan fingerprint density at radius 1 is 1.19 bits per heavy atom. The molecule has 1 N–H and O–H groups in total. The number of hydrogen-bond acceptors (Lipinski definition) is 1. The molecule has 1 nitrogen and oxygen atoms in total. The van der Waals surface area contributed by atoms with Crippen molar-refractivity contribution in [1.29, 1.82) is 0 Å². The highest BCUT2D eigenvalue weighted by atomic mass is 14.9. The molecule has 0 saturated heterocycles. The summed E-state index contributed by atoms with van der Waals surface area (Å²) in [6.45, 7) is 3.45. The Balaban J connectivity index is 1.79. The molecule has 0 amide bonds. The van der Waals surface area contributed by atoms with Gasteiger partial charge in [0, 0.05) is 12.2 Å². The summed E-state index contributed by atoms with van der Waals surface area (Å²) in [7, 11) is 0. The third-order valence-electron chi connectivity index (χ3n) is 3.57. The Morgan fingerprint density at radius 2 is 2.06 bits per heavy atom. The molecule has 0 saturated carbocycles. The fourth-order valence-electron chi connectivity index (χ4n) is 2.57. The molecule has 0 bridgehead atoms. The van der Waals surface area contributed by atoms with E-state index in [1.165, 1.54) is 56.3 Å². The van der Waals surface area contributed by atoms with E-state index in [0.29, 0.717) is 0 Å². The van der Waals surface area contributed by atoms with Crippen LogP contribution in [0.25, 0.3) is 0 Å². The minimum Gasteiger partial charge on any atom is -0.385 e. The van der Waals surface area contributed by atoms with Crippen LogP contribution in [0.3, 0.4) is 0 Å². The molecule has 0 aromatic heterocycles. The first kappa shape index (κ1) is 11.5. The van der Waals surface area contributed by atoms with E-state index in [9.17, 15) is 0 Å². The van der Waals surface area contributed by atoms with E-state index in [2.05, 4.69) is 36.5 Å². The Hall–Kier alpha value is -0.980. The van der Waals surface area contributed by atoms with E-state index < -0.39 is 0 Å². The van der Waals surface area contributed by atoms with E-state index >= 15 is 0 Å². The van der Waals surface area contributed by atoms with Gasteiger partial charge in [-0.2, -0.15) is 0 Å². The zero-order valence-electron chi connectivity index (χ0n) is 10.3.